The SMILES string of the molecule is CNC(C(=O)O)c1nccc(-c2ccccc2F)n1. The van der Waals surface area contributed by atoms with Crippen LogP contribution in [0.25, 0.3) is 11.3 Å². The van der Waals surface area contributed by atoms with Crippen molar-refractivity contribution in [2.24, 2.45) is 0 Å². The van der Waals surface area contributed by atoms with Crippen LogP contribution in [0, 0.1) is 5.82 Å². The molecule has 1 aromatic heterocycles. The third-order valence-corrected chi connectivity index (χ3v) is 2.62. The molecule has 5 nitrogen and oxygen atoms in total. The summed E-state index contributed by atoms with van der Waals surface area (Å²) in [5.74, 6) is -1.41. The maximum Gasteiger partial charge on any atom is 0.328 e. The molecule has 98 valence electrons. The van der Waals surface area contributed by atoms with Gasteiger partial charge in [-0.2, -0.15) is 0 Å². The molecule has 2 rings (SSSR count). The Morgan fingerprint density at radius 1 is 1.37 bits per heavy atom. The van der Waals surface area contributed by atoms with Crippen molar-refractivity contribution in [3.8, 4) is 11.3 Å². The van der Waals surface area contributed by atoms with Crippen molar-refractivity contribution in [2.45, 2.75) is 6.04 Å². The van der Waals surface area contributed by atoms with E-state index in [9.17, 15) is 9.18 Å². The van der Waals surface area contributed by atoms with Crippen LogP contribution in [0.3, 0.4) is 0 Å². The Morgan fingerprint density at radius 2 is 2.11 bits per heavy atom. The Kier molecular flexibility index (Phi) is 3.82. The second-order valence-electron chi connectivity index (χ2n) is 3.84. The van der Waals surface area contributed by atoms with E-state index in [4.69, 9.17) is 5.11 Å². The van der Waals surface area contributed by atoms with Gasteiger partial charge in [-0.3, -0.25) is 4.79 Å². The number of likely N-dealkylation sites (N-methyl/N-ethyl adjacent to an activating group) is 1. The Bertz CT molecular complexity index is 604. The molecule has 19 heavy (non-hydrogen) atoms. The smallest absolute Gasteiger partial charge is 0.328 e. The van der Waals surface area contributed by atoms with Gasteiger partial charge in [0.25, 0.3) is 0 Å². The number of halogens is 1. The first-order chi connectivity index (χ1) is 9.13. The lowest BCUT2D eigenvalue weighted by atomic mass is 10.1. The van der Waals surface area contributed by atoms with Crippen molar-refractivity contribution in [2.75, 3.05) is 7.05 Å². The molecule has 0 aliphatic carbocycles. The molecule has 0 aliphatic heterocycles. The summed E-state index contributed by atoms with van der Waals surface area (Å²) >= 11 is 0. The highest BCUT2D eigenvalue weighted by atomic mass is 19.1. The zero-order valence-corrected chi connectivity index (χ0v) is 10.2. The van der Waals surface area contributed by atoms with Gasteiger partial charge in [0, 0.05) is 11.8 Å². The second kappa shape index (κ2) is 5.53. The van der Waals surface area contributed by atoms with E-state index < -0.39 is 17.8 Å². The molecule has 1 heterocycles. The average Bonchev–Trinajstić information content (AvgIpc) is 2.40. The van der Waals surface area contributed by atoms with Crippen molar-refractivity contribution >= 4 is 5.97 Å². The first kappa shape index (κ1) is 13.1. The Labute approximate surface area is 109 Å². The molecule has 0 bridgehead atoms. The number of hydrogen-bond acceptors (Lipinski definition) is 4. The van der Waals surface area contributed by atoms with Crippen LogP contribution < -0.4 is 5.32 Å². The van der Waals surface area contributed by atoms with Crippen molar-refractivity contribution in [1.82, 2.24) is 15.3 Å². The monoisotopic (exact) mass is 261 g/mol. The van der Waals surface area contributed by atoms with Gasteiger partial charge in [-0.1, -0.05) is 12.1 Å². The standard InChI is InChI=1S/C13H12FN3O2/c1-15-11(13(18)19)12-16-7-6-10(17-12)8-4-2-3-5-9(8)14/h2-7,11,15H,1H3,(H,18,19). The maximum absolute atomic E-state index is 13.7. The van der Waals surface area contributed by atoms with Gasteiger partial charge in [-0.15, -0.1) is 0 Å². The minimum Gasteiger partial charge on any atom is -0.480 e. The summed E-state index contributed by atoms with van der Waals surface area (Å²) in [6, 6.07) is 6.69. The van der Waals surface area contributed by atoms with Gasteiger partial charge in [0.2, 0.25) is 0 Å². The number of rotatable bonds is 4. The zero-order valence-electron chi connectivity index (χ0n) is 10.2. The molecule has 6 heteroatoms. The molecular weight excluding hydrogens is 249 g/mol. The fourth-order valence-corrected chi connectivity index (χ4v) is 1.69. The normalized spacial score (nSPS) is 12.1. The van der Waals surface area contributed by atoms with E-state index >= 15 is 0 Å². The highest BCUT2D eigenvalue weighted by molar-refractivity contribution is 5.74. The van der Waals surface area contributed by atoms with Gasteiger partial charge in [0.1, 0.15) is 5.82 Å². The van der Waals surface area contributed by atoms with Crippen LogP contribution in [0.2, 0.25) is 0 Å². The van der Waals surface area contributed by atoms with Gasteiger partial charge in [-0.25, -0.2) is 14.4 Å². The fraction of sp³-hybridized carbons (Fsp3) is 0.154. The number of aromatic nitrogens is 2. The molecule has 0 aliphatic rings. The van der Waals surface area contributed by atoms with Gasteiger partial charge in [0.15, 0.2) is 11.9 Å². The second-order valence-corrected chi connectivity index (χ2v) is 3.84. The van der Waals surface area contributed by atoms with Crippen molar-refractivity contribution in [3.05, 3.63) is 48.2 Å². The number of carboxylic acid groups (broad SMARTS) is 1. The third-order valence-electron chi connectivity index (χ3n) is 2.62. The lowest BCUT2D eigenvalue weighted by molar-refractivity contribution is -0.139. The van der Waals surface area contributed by atoms with Crippen LogP contribution in [-0.2, 0) is 4.79 Å². The average molecular weight is 261 g/mol. The van der Waals surface area contributed by atoms with Gasteiger partial charge >= 0.3 is 5.97 Å². The summed E-state index contributed by atoms with van der Waals surface area (Å²) in [6.07, 6.45) is 1.41. The maximum atomic E-state index is 13.7. The number of carboxylic acids is 1. The molecule has 1 aromatic carbocycles. The molecule has 2 N–H and O–H groups in total. The molecule has 0 spiro atoms. The summed E-state index contributed by atoms with van der Waals surface area (Å²) in [4.78, 5) is 19.0. The summed E-state index contributed by atoms with van der Waals surface area (Å²) in [7, 11) is 1.50. The van der Waals surface area contributed by atoms with Crippen LogP contribution in [0.15, 0.2) is 36.5 Å². The Morgan fingerprint density at radius 3 is 2.74 bits per heavy atom. The largest absolute Gasteiger partial charge is 0.480 e. The summed E-state index contributed by atoms with van der Waals surface area (Å²) in [6.45, 7) is 0. The zero-order chi connectivity index (χ0) is 13.8. The van der Waals surface area contributed by atoms with Crippen molar-refractivity contribution < 1.29 is 14.3 Å². The predicted molar refractivity (Wildman–Crippen MR) is 66.9 cm³/mol. The number of hydrogen-bond donors (Lipinski definition) is 2. The first-order valence-corrected chi connectivity index (χ1v) is 5.61. The van der Waals surface area contributed by atoms with E-state index in [1.165, 1.54) is 25.4 Å². The van der Waals surface area contributed by atoms with Gasteiger partial charge in [0.05, 0.1) is 5.69 Å². The molecular formula is C13H12FN3O2. The van der Waals surface area contributed by atoms with E-state index in [2.05, 4.69) is 15.3 Å². The number of nitrogens with zero attached hydrogens (tertiary/aromatic N) is 2. The van der Waals surface area contributed by atoms with Crippen LogP contribution in [0.1, 0.15) is 11.9 Å². The summed E-state index contributed by atoms with van der Waals surface area (Å²) < 4.78 is 13.7. The lowest BCUT2D eigenvalue weighted by Crippen LogP contribution is -2.27. The van der Waals surface area contributed by atoms with Crippen LogP contribution in [0.5, 0.6) is 0 Å². The van der Waals surface area contributed by atoms with Crippen LogP contribution in [-0.4, -0.2) is 28.1 Å². The highest BCUT2D eigenvalue weighted by Gasteiger charge is 2.21. The summed E-state index contributed by atoms with van der Waals surface area (Å²) in [5, 5.41) is 11.6. The molecule has 1 atom stereocenters. The topological polar surface area (TPSA) is 75.1 Å². The predicted octanol–water partition coefficient (Wildman–Crippen LogP) is 1.63. The Balaban J connectivity index is 2.45. The van der Waals surface area contributed by atoms with E-state index in [1.807, 2.05) is 0 Å². The molecule has 0 saturated carbocycles. The van der Waals surface area contributed by atoms with E-state index in [0.717, 1.165) is 0 Å². The third kappa shape index (κ3) is 2.74. The minimum atomic E-state index is -1.09. The minimum absolute atomic E-state index is 0.0933. The van der Waals surface area contributed by atoms with Crippen molar-refractivity contribution in [1.29, 1.82) is 0 Å². The molecule has 0 radical (unpaired) electrons. The Hall–Kier alpha value is -2.34. The fourth-order valence-electron chi connectivity index (χ4n) is 1.69. The first-order valence-electron chi connectivity index (χ1n) is 5.61. The van der Waals surface area contributed by atoms with Gasteiger partial charge in [-0.05, 0) is 25.2 Å². The summed E-state index contributed by atoms with van der Waals surface area (Å²) in [5.41, 5.74) is 0.663. The molecule has 0 fully saturated rings. The molecule has 0 amide bonds. The lowest BCUT2D eigenvalue weighted by Gasteiger charge is -2.10. The molecule has 1 unspecified atom stereocenters. The number of nitrogens with one attached hydrogen (secondary N) is 1. The quantitative estimate of drug-likeness (QED) is 0.874. The number of aliphatic carboxylic acids is 1. The highest BCUT2D eigenvalue weighted by Crippen LogP contribution is 2.21. The number of carbonyl (C=O) groups is 1. The van der Waals surface area contributed by atoms with Crippen LogP contribution in [0.4, 0.5) is 4.39 Å². The molecule has 2 aromatic rings. The van der Waals surface area contributed by atoms with E-state index in [0.29, 0.717) is 11.3 Å². The van der Waals surface area contributed by atoms with E-state index in [1.54, 1.807) is 18.2 Å². The number of benzene rings is 1. The van der Waals surface area contributed by atoms with Gasteiger partial charge < -0.3 is 10.4 Å². The van der Waals surface area contributed by atoms with Crippen LogP contribution >= 0.6 is 0 Å². The van der Waals surface area contributed by atoms with E-state index in [-0.39, 0.29) is 5.82 Å². The molecule has 0 saturated heterocycles. The van der Waals surface area contributed by atoms with Crippen molar-refractivity contribution in [3.63, 3.8) is 0 Å².